The van der Waals surface area contributed by atoms with Crippen molar-refractivity contribution < 1.29 is 9.90 Å². The molecule has 1 saturated heterocycles. The maximum Gasteiger partial charge on any atom is 0.241 e. The molecule has 2 aromatic carbocycles. The highest BCUT2D eigenvalue weighted by atomic mass is 16.3. The normalized spacial score (nSPS) is 18.9. The molecule has 0 bridgehead atoms. The zero-order chi connectivity index (χ0) is 13.9. The van der Waals surface area contributed by atoms with E-state index in [2.05, 4.69) is 10.6 Å². The van der Waals surface area contributed by atoms with E-state index in [1.165, 1.54) is 0 Å². The SMILES string of the molecule is O=C(Nc1cccc2c(O)cccc12)[C@H]1CCCCN1. The summed E-state index contributed by atoms with van der Waals surface area (Å²) >= 11 is 0. The van der Waals surface area contributed by atoms with Gasteiger partial charge in [0.05, 0.1) is 6.04 Å². The molecule has 3 rings (SSSR count). The molecule has 0 aromatic heterocycles. The van der Waals surface area contributed by atoms with Crippen LogP contribution in [0.25, 0.3) is 10.8 Å². The predicted molar refractivity (Wildman–Crippen MR) is 79.9 cm³/mol. The van der Waals surface area contributed by atoms with Crippen LogP contribution < -0.4 is 10.6 Å². The molecule has 20 heavy (non-hydrogen) atoms. The van der Waals surface area contributed by atoms with Crippen LogP contribution in [0.2, 0.25) is 0 Å². The van der Waals surface area contributed by atoms with Crippen LogP contribution in [0.5, 0.6) is 5.75 Å². The van der Waals surface area contributed by atoms with E-state index in [9.17, 15) is 9.90 Å². The summed E-state index contributed by atoms with van der Waals surface area (Å²) in [6.07, 6.45) is 3.09. The average Bonchev–Trinajstić information content (AvgIpc) is 2.49. The van der Waals surface area contributed by atoms with Crippen molar-refractivity contribution in [2.24, 2.45) is 0 Å². The van der Waals surface area contributed by atoms with Crippen LogP contribution in [-0.2, 0) is 4.79 Å². The summed E-state index contributed by atoms with van der Waals surface area (Å²) in [6.45, 7) is 0.897. The summed E-state index contributed by atoms with van der Waals surface area (Å²) in [5.74, 6) is 0.231. The summed E-state index contributed by atoms with van der Waals surface area (Å²) in [4.78, 5) is 12.3. The lowest BCUT2D eigenvalue weighted by atomic mass is 10.0. The van der Waals surface area contributed by atoms with Crippen LogP contribution in [0.15, 0.2) is 36.4 Å². The molecule has 4 heteroatoms. The Bertz CT molecular complexity index is 633. The Morgan fingerprint density at radius 2 is 1.95 bits per heavy atom. The third-order valence-electron chi connectivity index (χ3n) is 3.78. The summed E-state index contributed by atoms with van der Waals surface area (Å²) in [6, 6.07) is 10.8. The van der Waals surface area contributed by atoms with Gasteiger partial charge < -0.3 is 15.7 Å². The van der Waals surface area contributed by atoms with Gasteiger partial charge in [-0.1, -0.05) is 30.7 Å². The summed E-state index contributed by atoms with van der Waals surface area (Å²) in [5, 5.41) is 17.7. The predicted octanol–water partition coefficient (Wildman–Crippen LogP) is 2.63. The lowest BCUT2D eigenvalue weighted by Gasteiger charge is -2.22. The number of aromatic hydroxyl groups is 1. The van der Waals surface area contributed by atoms with E-state index in [-0.39, 0.29) is 17.7 Å². The van der Waals surface area contributed by atoms with Crippen LogP contribution in [0.4, 0.5) is 5.69 Å². The zero-order valence-electron chi connectivity index (χ0n) is 11.2. The topological polar surface area (TPSA) is 61.4 Å². The number of hydrogen-bond acceptors (Lipinski definition) is 3. The van der Waals surface area contributed by atoms with Crippen LogP contribution in [0.3, 0.4) is 0 Å². The molecule has 104 valence electrons. The maximum absolute atomic E-state index is 12.3. The number of carbonyl (C=O) groups excluding carboxylic acids is 1. The van der Waals surface area contributed by atoms with E-state index in [4.69, 9.17) is 0 Å². The second kappa shape index (κ2) is 5.51. The molecule has 3 N–H and O–H groups in total. The van der Waals surface area contributed by atoms with Gasteiger partial charge >= 0.3 is 0 Å². The molecule has 0 saturated carbocycles. The van der Waals surface area contributed by atoms with Crippen LogP contribution in [0.1, 0.15) is 19.3 Å². The number of hydrogen-bond donors (Lipinski definition) is 3. The van der Waals surface area contributed by atoms with Crippen molar-refractivity contribution >= 4 is 22.4 Å². The molecule has 1 heterocycles. The number of fused-ring (bicyclic) bond motifs is 1. The highest BCUT2D eigenvalue weighted by Gasteiger charge is 2.20. The number of carbonyl (C=O) groups is 1. The molecule has 4 nitrogen and oxygen atoms in total. The van der Waals surface area contributed by atoms with E-state index in [1.54, 1.807) is 12.1 Å². The Morgan fingerprint density at radius 3 is 2.75 bits per heavy atom. The number of nitrogens with one attached hydrogen (secondary N) is 2. The minimum atomic E-state index is -0.115. The Balaban J connectivity index is 1.87. The molecule has 0 aliphatic carbocycles. The Kier molecular flexibility index (Phi) is 3.56. The van der Waals surface area contributed by atoms with Gasteiger partial charge in [0.25, 0.3) is 0 Å². The Morgan fingerprint density at radius 1 is 1.15 bits per heavy atom. The molecule has 1 amide bonds. The molecule has 0 spiro atoms. The Hall–Kier alpha value is -2.07. The van der Waals surface area contributed by atoms with E-state index < -0.39 is 0 Å². The number of amides is 1. The van der Waals surface area contributed by atoms with E-state index in [0.717, 1.165) is 42.3 Å². The molecule has 0 unspecified atom stereocenters. The maximum atomic E-state index is 12.3. The summed E-state index contributed by atoms with van der Waals surface area (Å²) in [7, 11) is 0. The summed E-state index contributed by atoms with van der Waals surface area (Å²) in [5.41, 5.74) is 0.746. The number of rotatable bonds is 2. The first-order chi connectivity index (χ1) is 9.75. The monoisotopic (exact) mass is 270 g/mol. The minimum Gasteiger partial charge on any atom is -0.507 e. The highest BCUT2D eigenvalue weighted by molar-refractivity contribution is 6.05. The van der Waals surface area contributed by atoms with Crippen molar-refractivity contribution in [3.63, 3.8) is 0 Å². The fraction of sp³-hybridized carbons (Fsp3) is 0.312. The lowest BCUT2D eigenvalue weighted by molar-refractivity contribution is -0.118. The first-order valence-electron chi connectivity index (χ1n) is 7.00. The van der Waals surface area contributed by atoms with Gasteiger partial charge in [0.2, 0.25) is 5.91 Å². The molecule has 2 aromatic rings. The first kappa shape index (κ1) is 12.9. The van der Waals surface area contributed by atoms with Gasteiger partial charge in [0.1, 0.15) is 5.75 Å². The molecule has 1 aliphatic rings. The van der Waals surface area contributed by atoms with Gasteiger partial charge in [0, 0.05) is 16.5 Å². The standard InChI is InChI=1S/C16H18N2O2/c19-15-9-4-5-11-12(15)6-3-8-13(11)18-16(20)14-7-1-2-10-17-14/h3-6,8-9,14,17,19H,1-2,7,10H2,(H,18,20)/t14-/m1/s1. The molecular formula is C16H18N2O2. The van der Waals surface area contributed by atoms with Gasteiger partial charge in [0.15, 0.2) is 0 Å². The fourth-order valence-corrected chi connectivity index (χ4v) is 2.70. The van der Waals surface area contributed by atoms with Crippen molar-refractivity contribution in [1.82, 2.24) is 5.32 Å². The van der Waals surface area contributed by atoms with E-state index in [0.29, 0.717) is 0 Å². The number of phenols is 1. The lowest BCUT2D eigenvalue weighted by Crippen LogP contribution is -2.43. The van der Waals surface area contributed by atoms with Crippen molar-refractivity contribution in [2.45, 2.75) is 25.3 Å². The molecule has 1 fully saturated rings. The van der Waals surface area contributed by atoms with Crippen molar-refractivity contribution in [2.75, 3.05) is 11.9 Å². The van der Waals surface area contributed by atoms with Crippen LogP contribution in [0, 0.1) is 0 Å². The molecule has 0 radical (unpaired) electrons. The smallest absolute Gasteiger partial charge is 0.241 e. The Labute approximate surface area is 117 Å². The largest absolute Gasteiger partial charge is 0.507 e. The van der Waals surface area contributed by atoms with Gasteiger partial charge in [-0.25, -0.2) is 0 Å². The number of phenolic OH excluding ortho intramolecular Hbond substituents is 1. The number of piperidine rings is 1. The minimum absolute atomic E-state index is 0.000503. The van der Waals surface area contributed by atoms with E-state index >= 15 is 0 Å². The van der Waals surface area contributed by atoms with Gasteiger partial charge in [-0.05, 0) is 31.5 Å². The quantitative estimate of drug-likeness (QED) is 0.786. The average molecular weight is 270 g/mol. The molecular weight excluding hydrogens is 252 g/mol. The van der Waals surface area contributed by atoms with Gasteiger partial charge in [-0.2, -0.15) is 0 Å². The molecule has 1 atom stereocenters. The summed E-state index contributed by atoms with van der Waals surface area (Å²) < 4.78 is 0. The highest BCUT2D eigenvalue weighted by Crippen LogP contribution is 2.29. The third-order valence-corrected chi connectivity index (χ3v) is 3.78. The van der Waals surface area contributed by atoms with Crippen molar-refractivity contribution in [3.8, 4) is 5.75 Å². The number of benzene rings is 2. The molecule has 1 aliphatic heterocycles. The number of anilines is 1. The van der Waals surface area contributed by atoms with E-state index in [1.807, 2.05) is 24.3 Å². The van der Waals surface area contributed by atoms with Crippen LogP contribution in [-0.4, -0.2) is 23.6 Å². The van der Waals surface area contributed by atoms with Gasteiger partial charge in [-0.3, -0.25) is 4.79 Å². The third kappa shape index (κ3) is 2.47. The fourth-order valence-electron chi connectivity index (χ4n) is 2.70. The van der Waals surface area contributed by atoms with Crippen molar-refractivity contribution in [1.29, 1.82) is 0 Å². The first-order valence-corrected chi connectivity index (χ1v) is 7.00. The second-order valence-electron chi connectivity index (χ2n) is 5.17. The zero-order valence-corrected chi connectivity index (χ0v) is 11.2. The van der Waals surface area contributed by atoms with Crippen LogP contribution >= 0.6 is 0 Å². The second-order valence-corrected chi connectivity index (χ2v) is 5.17. The van der Waals surface area contributed by atoms with Gasteiger partial charge in [-0.15, -0.1) is 0 Å². The van der Waals surface area contributed by atoms with Crippen molar-refractivity contribution in [3.05, 3.63) is 36.4 Å².